The van der Waals surface area contributed by atoms with Crippen LogP contribution in [0, 0.1) is 13.8 Å². The Bertz CT molecular complexity index is 820. The van der Waals surface area contributed by atoms with E-state index in [1.165, 1.54) is 0 Å². The second kappa shape index (κ2) is 7.94. The molecule has 2 heterocycles. The summed E-state index contributed by atoms with van der Waals surface area (Å²) in [5.74, 6) is 0.926. The van der Waals surface area contributed by atoms with Gasteiger partial charge in [0.25, 0.3) is 5.91 Å². The van der Waals surface area contributed by atoms with Crippen molar-refractivity contribution < 1.29 is 9.59 Å². The van der Waals surface area contributed by atoms with Crippen LogP contribution in [-0.2, 0) is 4.79 Å². The number of aromatic nitrogens is 2. The van der Waals surface area contributed by atoms with Crippen LogP contribution in [0.15, 0.2) is 30.3 Å². The fourth-order valence-electron chi connectivity index (χ4n) is 4.01. The lowest BCUT2D eigenvalue weighted by Crippen LogP contribution is -2.38. The highest BCUT2D eigenvalue weighted by atomic mass is 16.2. The van der Waals surface area contributed by atoms with E-state index in [9.17, 15) is 9.59 Å². The van der Waals surface area contributed by atoms with Crippen LogP contribution in [0.1, 0.15) is 54.7 Å². The number of carbonyl (C=O) groups is 2. The Labute approximate surface area is 160 Å². The number of likely N-dealkylation sites (tertiary alicyclic amines) is 1. The maximum Gasteiger partial charge on any atom is 0.278 e. The van der Waals surface area contributed by atoms with Gasteiger partial charge < -0.3 is 14.4 Å². The number of nitrogens with zero attached hydrogens (tertiary/aromatic N) is 4. The van der Waals surface area contributed by atoms with E-state index < -0.39 is 0 Å². The smallest absolute Gasteiger partial charge is 0.278 e. The number of anilines is 1. The van der Waals surface area contributed by atoms with Gasteiger partial charge in [0.2, 0.25) is 5.91 Å². The number of imidazole rings is 1. The standard InChI is InChI=1S/C21H28N4O2/c1-5-24(18-9-7-6-8-10-18)21(27)20-15(2)25(16(3)22-20)19-11-13-23(14-12-19)17(4)26/h6-10,19H,5,11-14H2,1-4H3. The minimum Gasteiger partial charge on any atom is -0.343 e. The van der Waals surface area contributed by atoms with Crippen LogP contribution in [0.4, 0.5) is 5.69 Å². The third kappa shape index (κ3) is 3.75. The quantitative estimate of drug-likeness (QED) is 0.831. The minimum absolute atomic E-state index is 0.0655. The first-order valence-electron chi connectivity index (χ1n) is 9.61. The van der Waals surface area contributed by atoms with E-state index in [1.807, 2.05) is 56.0 Å². The van der Waals surface area contributed by atoms with Crippen molar-refractivity contribution in [3.63, 3.8) is 0 Å². The van der Waals surface area contributed by atoms with Crippen molar-refractivity contribution in [2.45, 2.75) is 46.6 Å². The highest BCUT2D eigenvalue weighted by Crippen LogP contribution is 2.28. The number of aryl methyl sites for hydroxylation is 1. The van der Waals surface area contributed by atoms with Gasteiger partial charge in [-0.15, -0.1) is 0 Å². The Morgan fingerprint density at radius 1 is 1.15 bits per heavy atom. The number of para-hydroxylation sites is 1. The monoisotopic (exact) mass is 368 g/mol. The molecule has 1 aliphatic rings. The molecule has 1 aromatic carbocycles. The largest absolute Gasteiger partial charge is 0.343 e. The molecule has 144 valence electrons. The van der Waals surface area contributed by atoms with Crippen LogP contribution in [0.3, 0.4) is 0 Å². The number of piperidine rings is 1. The molecule has 1 saturated heterocycles. The van der Waals surface area contributed by atoms with Gasteiger partial charge in [-0.3, -0.25) is 9.59 Å². The molecule has 0 radical (unpaired) electrons. The first-order valence-corrected chi connectivity index (χ1v) is 9.61. The van der Waals surface area contributed by atoms with Gasteiger partial charge in [-0.2, -0.15) is 0 Å². The lowest BCUT2D eigenvalue weighted by molar-refractivity contribution is -0.130. The van der Waals surface area contributed by atoms with Crippen molar-refractivity contribution in [2.24, 2.45) is 0 Å². The molecule has 6 nitrogen and oxygen atoms in total. The van der Waals surface area contributed by atoms with E-state index in [-0.39, 0.29) is 17.9 Å². The minimum atomic E-state index is -0.0655. The van der Waals surface area contributed by atoms with E-state index in [4.69, 9.17) is 0 Å². The molecule has 1 fully saturated rings. The van der Waals surface area contributed by atoms with Crippen molar-refractivity contribution >= 4 is 17.5 Å². The van der Waals surface area contributed by atoms with Crippen LogP contribution < -0.4 is 4.90 Å². The van der Waals surface area contributed by atoms with Crippen LogP contribution in [-0.4, -0.2) is 45.9 Å². The molecule has 2 amide bonds. The van der Waals surface area contributed by atoms with Crippen molar-refractivity contribution in [1.82, 2.24) is 14.5 Å². The first kappa shape index (κ1) is 19.1. The summed E-state index contributed by atoms with van der Waals surface area (Å²) < 4.78 is 2.18. The summed E-state index contributed by atoms with van der Waals surface area (Å²) in [5, 5.41) is 0. The van der Waals surface area contributed by atoms with E-state index in [2.05, 4.69) is 9.55 Å². The summed E-state index contributed by atoms with van der Waals surface area (Å²) >= 11 is 0. The van der Waals surface area contributed by atoms with E-state index in [1.54, 1.807) is 11.8 Å². The van der Waals surface area contributed by atoms with Gasteiger partial charge in [-0.25, -0.2) is 4.98 Å². The van der Waals surface area contributed by atoms with Gasteiger partial charge in [0.05, 0.1) is 0 Å². The third-order valence-electron chi connectivity index (χ3n) is 5.43. The lowest BCUT2D eigenvalue weighted by Gasteiger charge is -2.33. The molecular weight excluding hydrogens is 340 g/mol. The number of carbonyl (C=O) groups excluding carboxylic acids is 2. The van der Waals surface area contributed by atoms with Crippen LogP contribution in [0.5, 0.6) is 0 Å². The van der Waals surface area contributed by atoms with E-state index in [0.717, 1.165) is 43.1 Å². The summed E-state index contributed by atoms with van der Waals surface area (Å²) in [4.78, 5) is 33.0. The van der Waals surface area contributed by atoms with Gasteiger partial charge in [0.15, 0.2) is 0 Å². The Morgan fingerprint density at radius 2 is 1.78 bits per heavy atom. The molecule has 0 aliphatic carbocycles. The summed E-state index contributed by atoms with van der Waals surface area (Å²) in [6, 6.07) is 9.98. The van der Waals surface area contributed by atoms with E-state index in [0.29, 0.717) is 12.2 Å². The first-order chi connectivity index (χ1) is 12.9. The summed E-state index contributed by atoms with van der Waals surface area (Å²) in [5.41, 5.74) is 2.31. The molecule has 3 rings (SSSR count). The Hall–Kier alpha value is -2.63. The van der Waals surface area contributed by atoms with Gasteiger partial charge >= 0.3 is 0 Å². The molecule has 2 aromatic rings. The molecule has 0 saturated carbocycles. The zero-order valence-corrected chi connectivity index (χ0v) is 16.6. The fraction of sp³-hybridized carbons (Fsp3) is 0.476. The predicted molar refractivity (Wildman–Crippen MR) is 106 cm³/mol. The molecule has 0 spiro atoms. The van der Waals surface area contributed by atoms with Crippen molar-refractivity contribution in [2.75, 3.05) is 24.5 Å². The Morgan fingerprint density at radius 3 is 2.33 bits per heavy atom. The van der Waals surface area contributed by atoms with Gasteiger partial charge in [0.1, 0.15) is 11.5 Å². The summed E-state index contributed by atoms with van der Waals surface area (Å²) in [7, 11) is 0. The van der Waals surface area contributed by atoms with E-state index >= 15 is 0 Å². The SMILES string of the molecule is CCN(C(=O)c1nc(C)n(C2CCN(C(C)=O)CC2)c1C)c1ccccc1. The molecular formula is C21H28N4O2. The molecule has 1 aromatic heterocycles. The maximum absolute atomic E-state index is 13.2. The molecule has 6 heteroatoms. The maximum atomic E-state index is 13.2. The topological polar surface area (TPSA) is 58.4 Å². The van der Waals surface area contributed by atoms with Crippen molar-refractivity contribution in [3.8, 4) is 0 Å². The second-order valence-electron chi connectivity index (χ2n) is 7.09. The number of hydrogen-bond acceptors (Lipinski definition) is 3. The van der Waals surface area contributed by atoms with Crippen molar-refractivity contribution in [3.05, 3.63) is 47.5 Å². The summed E-state index contributed by atoms with van der Waals surface area (Å²) in [6.45, 7) is 9.63. The van der Waals surface area contributed by atoms with Crippen LogP contribution >= 0.6 is 0 Å². The normalized spacial score (nSPS) is 15.0. The van der Waals surface area contributed by atoms with Crippen LogP contribution in [0.2, 0.25) is 0 Å². The molecule has 0 unspecified atom stereocenters. The highest BCUT2D eigenvalue weighted by molar-refractivity contribution is 6.05. The zero-order valence-electron chi connectivity index (χ0n) is 16.6. The Balaban J connectivity index is 1.85. The number of hydrogen-bond donors (Lipinski definition) is 0. The number of amides is 2. The number of rotatable bonds is 4. The lowest BCUT2D eigenvalue weighted by atomic mass is 10.0. The molecule has 0 N–H and O–H groups in total. The van der Waals surface area contributed by atoms with Gasteiger partial charge in [-0.1, -0.05) is 18.2 Å². The third-order valence-corrected chi connectivity index (χ3v) is 5.43. The van der Waals surface area contributed by atoms with Gasteiger partial charge in [0, 0.05) is 44.0 Å². The number of benzene rings is 1. The second-order valence-corrected chi connectivity index (χ2v) is 7.09. The van der Waals surface area contributed by atoms with Crippen LogP contribution in [0.25, 0.3) is 0 Å². The zero-order chi connectivity index (χ0) is 19.6. The average molecular weight is 368 g/mol. The Kier molecular flexibility index (Phi) is 5.63. The molecule has 1 aliphatic heterocycles. The average Bonchev–Trinajstić information content (AvgIpc) is 2.97. The molecule has 0 bridgehead atoms. The molecule has 27 heavy (non-hydrogen) atoms. The predicted octanol–water partition coefficient (Wildman–Crippen LogP) is 3.35. The van der Waals surface area contributed by atoms with Gasteiger partial charge in [-0.05, 0) is 45.7 Å². The molecule has 0 atom stereocenters. The van der Waals surface area contributed by atoms with Crippen molar-refractivity contribution in [1.29, 1.82) is 0 Å². The highest BCUT2D eigenvalue weighted by Gasteiger charge is 2.28. The fourth-order valence-corrected chi connectivity index (χ4v) is 4.01. The summed E-state index contributed by atoms with van der Waals surface area (Å²) in [6.07, 6.45) is 1.78.